The topological polar surface area (TPSA) is 3.24 Å². The van der Waals surface area contributed by atoms with E-state index in [1.807, 2.05) is 17.4 Å². The van der Waals surface area contributed by atoms with Gasteiger partial charge in [0.15, 0.2) is 0 Å². The highest BCUT2D eigenvalue weighted by molar-refractivity contribution is 7.12. The van der Waals surface area contributed by atoms with Gasteiger partial charge in [-0.15, -0.1) is 11.3 Å². The van der Waals surface area contributed by atoms with Crippen molar-refractivity contribution in [2.45, 2.75) is 47.6 Å². The maximum atomic E-state index is 6.28. The summed E-state index contributed by atoms with van der Waals surface area (Å²) in [6.07, 6.45) is 1.09. The first kappa shape index (κ1) is 17.5. The van der Waals surface area contributed by atoms with Crippen LogP contribution in [0.1, 0.15) is 41.7 Å². The fraction of sp³-hybridized carbons (Fsp3) is 0.474. The van der Waals surface area contributed by atoms with E-state index in [9.17, 15) is 0 Å². The summed E-state index contributed by atoms with van der Waals surface area (Å²) in [5, 5.41) is 0.827. The maximum Gasteiger partial charge on any atom is 0.0409 e. The fourth-order valence-corrected chi connectivity index (χ4v) is 4.25. The van der Waals surface area contributed by atoms with Crippen molar-refractivity contribution >= 4 is 22.9 Å². The Kier molecular flexibility index (Phi) is 6.08. The number of nitrogens with zero attached hydrogens (tertiary/aromatic N) is 1. The van der Waals surface area contributed by atoms with Gasteiger partial charge < -0.3 is 0 Å². The standard InChI is InChI=1S/C19H26ClNS/c1-6-18-19(13(4)14(5)22-18)17-10-9-16(20)11-15(17)12-21(7-2)8-3/h9-11H,6-8,12H2,1-5H3. The van der Waals surface area contributed by atoms with Crippen LogP contribution in [0.2, 0.25) is 5.02 Å². The van der Waals surface area contributed by atoms with Gasteiger partial charge in [-0.2, -0.15) is 0 Å². The highest BCUT2D eigenvalue weighted by Gasteiger charge is 2.17. The quantitative estimate of drug-likeness (QED) is 0.617. The Bertz CT molecular complexity index is 641. The molecule has 2 aromatic rings. The van der Waals surface area contributed by atoms with Crippen molar-refractivity contribution in [3.63, 3.8) is 0 Å². The Balaban J connectivity index is 2.56. The van der Waals surface area contributed by atoms with Crippen LogP contribution in [0.4, 0.5) is 0 Å². The summed E-state index contributed by atoms with van der Waals surface area (Å²) in [6, 6.07) is 6.37. The first-order valence-electron chi connectivity index (χ1n) is 8.11. The highest BCUT2D eigenvalue weighted by atomic mass is 35.5. The molecule has 0 unspecified atom stereocenters. The van der Waals surface area contributed by atoms with Gasteiger partial charge in [-0.05, 0) is 67.7 Å². The summed E-state index contributed by atoms with van der Waals surface area (Å²) >= 11 is 8.21. The fourth-order valence-electron chi connectivity index (χ4n) is 2.92. The molecule has 0 atom stereocenters. The van der Waals surface area contributed by atoms with Crippen molar-refractivity contribution in [1.29, 1.82) is 0 Å². The molecule has 1 aromatic heterocycles. The first-order chi connectivity index (χ1) is 10.5. The Morgan fingerprint density at radius 3 is 2.36 bits per heavy atom. The lowest BCUT2D eigenvalue weighted by atomic mass is 9.95. The molecule has 1 aromatic carbocycles. The van der Waals surface area contributed by atoms with Gasteiger partial charge in [0.05, 0.1) is 0 Å². The minimum absolute atomic E-state index is 0.827. The highest BCUT2D eigenvalue weighted by Crippen LogP contribution is 2.39. The second kappa shape index (κ2) is 7.63. The predicted molar refractivity (Wildman–Crippen MR) is 100 cm³/mol. The number of hydrogen-bond acceptors (Lipinski definition) is 2. The zero-order valence-corrected chi connectivity index (χ0v) is 15.9. The van der Waals surface area contributed by atoms with Gasteiger partial charge in [0, 0.05) is 21.3 Å². The third-order valence-electron chi connectivity index (χ3n) is 4.40. The minimum atomic E-state index is 0.827. The molecule has 0 aliphatic heterocycles. The summed E-state index contributed by atoms with van der Waals surface area (Å²) < 4.78 is 0. The Labute approximate surface area is 143 Å². The van der Waals surface area contributed by atoms with E-state index in [4.69, 9.17) is 11.6 Å². The molecule has 0 amide bonds. The summed E-state index contributed by atoms with van der Waals surface area (Å²) in [4.78, 5) is 5.35. The van der Waals surface area contributed by atoms with Gasteiger partial charge in [0.2, 0.25) is 0 Å². The number of benzene rings is 1. The number of rotatable bonds is 6. The molecule has 0 saturated carbocycles. The normalized spacial score (nSPS) is 11.4. The molecule has 0 aliphatic carbocycles. The van der Waals surface area contributed by atoms with Crippen molar-refractivity contribution in [1.82, 2.24) is 4.90 Å². The molecule has 2 rings (SSSR count). The van der Waals surface area contributed by atoms with E-state index >= 15 is 0 Å². The van der Waals surface area contributed by atoms with Crippen molar-refractivity contribution in [2.75, 3.05) is 13.1 Å². The lowest BCUT2D eigenvalue weighted by Gasteiger charge is -2.21. The van der Waals surface area contributed by atoms with Crippen LogP contribution in [0.25, 0.3) is 11.1 Å². The van der Waals surface area contributed by atoms with E-state index in [2.05, 4.69) is 51.7 Å². The molecule has 0 bridgehead atoms. The number of hydrogen-bond donors (Lipinski definition) is 0. The summed E-state index contributed by atoms with van der Waals surface area (Å²) in [5.41, 5.74) is 5.55. The van der Waals surface area contributed by atoms with E-state index in [0.29, 0.717) is 0 Å². The largest absolute Gasteiger partial charge is 0.300 e. The van der Waals surface area contributed by atoms with E-state index in [1.165, 1.54) is 32.0 Å². The molecule has 3 heteroatoms. The van der Waals surface area contributed by atoms with Gasteiger partial charge in [0.25, 0.3) is 0 Å². The summed E-state index contributed by atoms with van der Waals surface area (Å²) in [5.74, 6) is 0. The van der Waals surface area contributed by atoms with Crippen LogP contribution in [0, 0.1) is 13.8 Å². The second-order valence-corrected chi connectivity index (χ2v) is 7.44. The smallest absolute Gasteiger partial charge is 0.0409 e. The molecule has 1 nitrogen and oxygen atoms in total. The Morgan fingerprint density at radius 1 is 1.09 bits per heavy atom. The molecule has 0 aliphatic rings. The zero-order chi connectivity index (χ0) is 16.3. The van der Waals surface area contributed by atoms with E-state index in [1.54, 1.807) is 0 Å². The third kappa shape index (κ3) is 3.56. The van der Waals surface area contributed by atoms with Crippen LogP contribution in [-0.2, 0) is 13.0 Å². The SMILES string of the molecule is CCc1sc(C)c(C)c1-c1ccc(Cl)cc1CN(CC)CC. The van der Waals surface area contributed by atoms with Gasteiger partial charge in [-0.25, -0.2) is 0 Å². The second-order valence-electron chi connectivity index (χ2n) is 5.70. The van der Waals surface area contributed by atoms with Crippen LogP contribution >= 0.6 is 22.9 Å². The van der Waals surface area contributed by atoms with Crippen molar-refractivity contribution in [3.05, 3.63) is 44.1 Å². The molecule has 120 valence electrons. The van der Waals surface area contributed by atoms with E-state index in [-0.39, 0.29) is 0 Å². The van der Waals surface area contributed by atoms with Crippen molar-refractivity contribution < 1.29 is 0 Å². The summed E-state index contributed by atoms with van der Waals surface area (Å²) in [7, 11) is 0. The Hall–Kier alpha value is -0.830. The molecule has 0 radical (unpaired) electrons. The van der Waals surface area contributed by atoms with Crippen LogP contribution in [-0.4, -0.2) is 18.0 Å². The summed E-state index contributed by atoms with van der Waals surface area (Å²) in [6.45, 7) is 14.2. The van der Waals surface area contributed by atoms with E-state index < -0.39 is 0 Å². The molecular weight excluding hydrogens is 310 g/mol. The monoisotopic (exact) mass is 335 g/mol. The van der Waals surface area contributed by atoms with Crippen LogP contribution in [0.5, 0.6) is 0 Å². The van der Waals surface area contributed by atoms with Gasteiger partial charge >= 0.3 is 0 Å². The molecule has 1 heterocycles. The zero-order valence-electron chi connectivity index (χ0n) is 14.3. The van der Waals surface area contributed by atoms with Crippen molar-refractivity contribution in [3.8, 4) is 11.1 Å². The number of aryl methyl sites for hydroxylation is 2. The number of thiophene rings is 1. The average molecular weight is 336 g/mol. The van der Waals surface area contributed by atoms with Gasteiger partial charge in [-0.3, -0.25) is 4.90 Å². The molecule has 22 heavy (non-hydrogen) atoms. The lowest BCUT2D eigenvalue weighted by molar-refractivity contribution is 0.296. The van der Waals surface area contributed by atoms with E-state index in [0.717, 1.165) is 31.1 Å². The van der Waals surface area contributed by atoms with Crippen LogP contribution < -0.4 is 0 Å². The molecule has 0 saturated heterocycles. The van der Waals surface area contributed by atoms with Crippen LogP contribution in [0.15, 0.2) is 18.2 Å². The molecule has 0 N–H and O–H groups in total. The third-order valence-corrected chi connectivity index (χ3v) is 5.99. The minimum Gasteiger partial charge on any atom is -0.300 e. The predicted octanol–water partition coefficient (Wildman–Crippen LogP) is 6.09. The average Bonchev–Trinajstić information content (AvgIpc) is 2.80. The first-order valence-corrected chi connectivity index (χ1v) is 9.31. The van der Waals surface area contributed by atoms with Crippen molar-refractivity contribution in [2.24, 2.45) is 0 Å². The van der Waals surface area contributed by atoms with Gasteiger partial charge in [0.1, 0.15) is 0 Å². The molecular formula is C19H26ClNS. The molecule has 0 spiro atoms. The molecule has 0 fully saturated rings. The van der Waals surface area contributed by atoms with Gasteiger partial charge in [-0.1, -0.05) is 38.4 Å². The Morgan fingerprint density at radius 2 is 1.77 bits per heavy atom. The lowest BCUT2D eigenvalue weighted by Crippen LogP contribution is -2.22. The number of halogens is 1. The van der Waals surface area contributed by atoms with Crippen LogP contribution in [0.3, 0.4) is 0 Å². The maximum absolute atomic E-state index is 6.28.